The second-order valence-electron chi connectivity index (χ2n) is 16.3. The molecule has 0 aromatic heterocycles. The van der Waals surface area contributed by atoms with Crippen molar-refractivity contribution in [1.82, 2.24) is 0 Å². The molecule has 3 aromatic rings. The molecule has 0 spiro atoms. The molecule has 3 rings (SSSR count). The van der Waals surface area contributed by atoms with E-state index in [0.29, 0.717) is 5.41 Å². The van der Waals surface area contributed by atoms with Crippen LogP contribution in [-0.4, -0.2) is 0 Å². The van der Waals surface area contributed by atoms with E-state index in [1.54, 1.807) is 0 Å². The highest BCUT2D eigenvalue weighted by atomic mass is 14.0. The number of unbranched alkanes of at least 4 members (excludes halogenated alkanes) is 3. The summed E-state index contributed by atoms with van der Waals surface area (Å²) in [5, 5.41) is 0. The van der Waals surface area contributed by atoms with Crippen LogP contribution in [0.2, 0.25) is 0 Å². The molecule has 0 amide bonds. The van der Waals surface area contributed by atoms with Crippen molar-refractivity contribution in [3.63, 3.8) is 0 Å². The summed E-state index contributed by atoms with van der Waals surface area (Å²) in [5.41, 5.74) is 5.69. The number of rotatable bonds is 6. The molecule has 0 heteroatoms. The average Bonchev–Trinajstić information content (AvgIpc) is 3.11. The number of aryl methyl sites for hydroxylation is 2. The van der Waals surface area contributed by atoms with E-state index in [2.05, 4.69) is 206 Å². The second-order valence-corrected chi connectivity index (χ2v) is 16.3. The lowest BCUT2D eigenvalue weighted by Crippen LogP contribution is -1.93. The Bertz CT molecular complexity index is 920. The number of hydrogen-bond donors (Lipinski definition) is 0. The lowest BCUT2D eigenvalue weighted by Gasteiger charge is -2.05. The minimum Gasteiger partial charge on any atom is -0.0776 e. The van der Waals surface area contributed by atoms with Gasteiger partial charge in [0.1, 0.15) is 0 Å². The molecule has 54 heavy (non-hydrogen) atoms. The number of benzene rings is 3. The largest absolute Gasteiger partial charge is 0.0776 e. The van der Waals surface area contributed by atoms with Crippen LogP contribution in [0.1, 0.15) is 215 Å². The third-order valence-electron chi connectivity index (χ3n) is 5.94. The summed E-state index contributed by atoms with van der Waals surface area (Å²) in [5.74, 6) is 2.60. The van der Waals surface area contributed by atoms with E-state index in [1.807, 2.05) is 38.1 Å². The first-order valence-corrected chi connectivity index (χ1v) is 21.9. The van der Waals surface area contributed by atoms with Gasteiger partial charge in [-0.15, -0.1) is 0 Å². The van der Waals surface area contributed by atoms with Crippen molar-refractivity contribution in [3.8, 4) is 11.1 Å². The monoisotopic (exact) mass is 755 g/mol. The van der Waals surface area contributed by atoms with Gasteiger partial charge < -0.3 is 0 Å². The van der Waals surface area contributed by atoms with Crippen LogP contribution in [0.25, 0.3) is 11.1 Å². The number of hydrogen-bond acceptors (Lipinski definition) is 0. The maximum Gasteiger partial charge on any atom is -0.0184 e. The SMILES string of the molecule is C.CC.CC(C)(C)C.CC(C)C.CCC.CCC(C)C.CCC(C)C.CCCC.CCCCC.Cc1ccc(-c2ccccc2)cc1.Cc1ccccc1. The topological polar surface area (TPSA) is 0 Å². The van der Waals surface area contributed by atoms with E-state index in [1.165, 1.54) is 73.6 Å². The van der Waals surface area contributed by atoms with E-state index < -0.39 is 0 Å². The highest BCUT2D eigenvalue weighted by Crippen LogP contribution is 2.18. The molecule has 0 aliphatic rings. The van der Waals surface area contributed by atoms with Gasteiger partial charge in [-0.1, -0.05) is 300 Å². The normalized spacial score (nSPS) is 8.85. The van der Waals surface area contributed by atoms with Gasteiger partial charge in [0.2, 0.25) is 0 Å². The fraction of sp³-hybridized carbons (Fsp3) is 0.667. The summed E-state index contributed by atoms with van der Waals surface area (Å²) in [4.78, 5) is 0. The minimum absolute atomic E-state index is 0. The third kappa shape index (κ3) is 97.9. The van der Waals surface area contributed by atoms with Crippen molar-refractivity contribution in [2.75, 3.05) is 0 Å². The van der Waals surface area contributed by atoms with Gasteiger partial charge in [0.05, 0.1) is 0 Å². The zero-order chi connectivity index (χ0) is 43.1. The fourth-order valence-corrected chi connectivity index (χ4v) is 2.26. The van der Waals surface area contributed by atoms with Crippen molar-refractivity contribution in [3.05, 3.63) is 96.1 Å². The summed E-state index contributed by atoms with van der Waals surface area (Å²) < 4.78 is 0. The van der Waals surface area contributed by atoms with Crippen LogP contribution in [0.4, 0.5) is 0 Å². The average molecular weight is 755 g/mol. The molecular formula is C54H106. The Morgan fingerprint density at radius 3 is 0.815 bits per heavy atom. The molecule has 0 aliphatic carbocycles. The summed E-state index contributed by atoms with van der Waals surface area (Å²) in [7, 11) is 0. The summed E-state index contributed by atoms with van der Waals surface area (Å²) in [6, 6.07) is 29.3. The smallest absolute Gasteiger partial charge is 0.0184 e. The molecule has 3 aromatic carbocycles. The highest BCUT2D eigenvalue weighted by Gasteiger charge is 1.95. The first-order chi connectivity index (χ1) is 24.8. The van der Waals surface area contributed by atoms with Gasteiger partial charge in [-0.05, 0) is 48.1 Å². The molecule has 0 radical (unpaired) electrons. The molecule has 0 N–H and O–H groups in total. The summed E-state index contributed by atoms with van der Waals surface area (Å²) in [6.45, 7) is 49.8. The Hall–Kier alpha value is -2.34. The summed E-state index contributed by atoms with van der Waals surface area (Å²) >= 11 is 0. The molecule has 0 fully saturated rings. The van der Waals surface area contributed by atoms with Gasteiger partial charge in [-0.25, -0.2) is 0 Å². The molecule has 0 unspecified atom stereocenters. The Balaban J connectivity index is -0.0000000763. The fourth-order valence-electron chi connectivity index (χ4n) is 2.26. The molecule has 0 bridgehead atoms. The van der Waals surface area contributed by atoms with Crippen LogP contribution in [0.3, 0.4) is 0 Å². The van der Waals surface area contributed by atoms with Crippen molar-refractivity contribution in [1.29, 1.82) is 0 Å². The second kappa shape index (κ2) is 57.4. The van der Waals surface area contributed by atoms with Crippen LogP contribution < -0.4 is 0 Å². The van der Waals surface area contributed by atoms with Crippen molar-refractivity contribution in [2.24, 2.45) is 23.2 Å². The molecule has 0 heterocycles. The first kappa shape index (κ1) is 69.6. The van der Waals surface area contributed by atoms with Gasteiger partial charge in [-0.3, -0.25) is 0 Å². The van der Waals surface area contributed by atoms with Crippen molar-refractivity contribution < 1.29 is 0 Å². The van der Waals surface area contributed by atoms with Crippen LogP contribution in [0.5, 0.6) is 0 Å². The summed E-state index contributed by atoms with van der Waals surface area (Å²) in [6.07, 6.45) is 10.6. The van der Waals surface area contributed by atoms with Crippen LogP contribution in [0.15, 0.2) is 84.9 Å². The molecule has 0 saturated heterocycles. The highest BCUT2D eigenvalue weighted by molar-refractivity contribution is 5.63. The maximum atomic E-state index is 2.22. The molecule has 322 valence electrons. The van der Waals surface area contributed by atoms with Crippen molar-refractivity contribution in [2.45, 2.75) is 218 Å². The van der Waals surface area contributed by atoms with E-state index in [0.717, 1.165) is 17.8 Å². The first-order valence-electron chi connectivity index (χ1n) is 21.9. The van der Waals surface area contributed by atoms with E-state index in [-0.39, 0.29) is 7.43 Å². The van der Waals surface area contributed by atoms with Gasteiger partial charge in [0.25, 0.3) is 0 Å². The van der Waals surface area contributed by atoms with Gasteiger partial charge in [0, 0.05) is 0 Å². The Morgan fingerprint density at radius 2 is 0.648 bits per heavy atom. The standard InChI is InChI=1S/C13H12.C7H8.4C5H12.2C4H10.C3H8.C2H6.CH4/c1-11-7-9-13(10-8-11)12-5-3-2-4-6-12;1-7-5-3-2-4-6-7;1-5(2,3)4;2*1-4-5(2)3;1-3-5-4-2;1-4(2)3;1-3-4-2;1-3-2;1-2;/h2-10H,1H3;2-6H,1H3;1-4H3;2*5H,4H2,1-3H3;3-5H2,1-2H3;4H,1-3H3;3-4H2,1-2H3;3H2,1-2H3;1-2H3;1H4. The van der Waals surface area contributed by atoms with Crippen LogP contribution >= 0.6 is 0 Å². The molecule has 0 saturated carbocycles. The van der Waals surface area contributed by atoms with E-state index >= 15 is 0 Å². The van der Waals surface area contributed by atoms with E-state index in [9.17, 15) is 0 Å². The Labute approximate surface area is 347 Å². The Morgan fingerprint density at radius 1 is 0.426 bits per heavy atom. The van der Waals surface area contributed by atoms with Gasteiger partial charge in [0.15, 0.2) is 0 Å². The maximum absolute atomic E-state index is 2.22. The molecule has 0 nitrogen and oxygen atoms in total. The third-order valence-corrected chi connectivity index (χ3v) is 5.94. The van der Waals surface area contributed by atoms with Crippen LogP contribution in [0, 0.1) is 37.0 Å². The molecule has 0 aliphatic heterocycles. The molecule has 0 atom stereocenters. The molecular weight excluding hydrogens is 649 g/mol. The quantitative estimate of drug-likeness (QED) is 0.235. The predicted octanol–water partition coefficient (Wildman–Crippen LogP) is 20.6. The van der Waals surface area contributed by atoms with Gasteiger partial charge >= 0.3 is 0 Å². The zero-order valence-electron chi connectivity index (χ0n) is 41.0. The lowest BCUT2D eigenvalue weighted by molar-refractivity contribution is 0.469. The minimum atomic E-state index is 0. The van der Waals surface area contributed by atoms with E-state index in [4.69, 9.17) is 0 Å². The van der Waals surface area contributed by atoms with Crippen LogP contribution in [-0.2, 0) is 0 Å². The van der Waals surface area contributed by atoms with Gasteiger partial charge in [-0.2, -0.15) is 0 Å². The van der Waals surface area contributed by atoms with Crippen molar-refractivity contribution >= 4 is 0 Å². The lowest BCUT2D eigenvalue weighted by atomic mass is 10.0. The Kier molecular flexibility index (Phi) is 73.9. The predicted molar refractivity (Wildman–Crippen MR) is 264 cm³/mol. The zero-order valence-corrected chi connectivity index (χ0v) is 41.0.